The van der Waals surface area contributed by atoms with Gasteiger partial charge in [0.05, 0.1) is 0 Å². The van der Waals surface area contributed by atoms with Crippen molar-refractivity contribution in [2.75, 3.05) is 0 Å². The molecule has 2 aliphatic rings. The summed E-state index contributed by atoms with van der Waals surface area (Å²) in [6.07, 6.45) is 12.8. The van der Waals surface area contributed by atoms with Gasteiger partial charge in [-0.2, -0.15) is 0 Å². The van der Waals surface area contributed by atoms with Crippen LogP contribution in [-0.2, 0) is 0 Å². The molecule has 0 spiro atoms. The molecular weight excluding hydrogens is 228 g/mol. The lowest BCUT2D eigenvalue weighted by Crippen LogP contribution is -2.40. The Morgan fingerprint density at radius 1 is 1.05 bits per heavy atom. The van der Waals surface area contributed by atoms with E-state index in [1.807, 2.05) is 0 Å². The lowest BCUT2D eigenvalue weighted by Gasteiger charge is -2.49. The highest BCUT2D eigenvalue weighted by molar-refractivity contribution is 5.43. The Kier molecular flexibility index (Phi) is 3.64. The van der Waals surface area contributed by atoms with Crippen molar-refractivity contribution < 1.29 is 0 Å². The van der Waals surface area contributed by atoms with E-state index < -0.39 is 0 Å². The molecule has 0 fully saturated rings. The third-order valence-corrected chi connectivity index (χ3v) is 6.01. The van der Waals surface area contributed by atoms with Crippen LogP contribution in [0.4, 0.5) is 0 Å². The number of allylic oxidation sites excluding steroid dienone is 8. The lowest BCUT2D eigenvalue weighted by atomic mass is 9.54. The minimum atomic E-state index is 0.140. The molecule has 0 heterocycles. The largest absolute Gasteiger partial charge is 0.0847 e. The molecule has 0 saturated carbocycles. The summed E-state index contributed by atoms with van der Waals surface area (Å²) in [6.45, 7) is 14.3. The summed E-state index contributed by atoms with van der Waals surface area (Å²) >= 11 is 0. The van der Waals surface area contributed by atoms with E-state index in [1.54, 1.807) is 16.7 Å². The van der Waals surface area contributed by atoms with Crippen molar-refractivity contribution in [1.29, 1.82) is 0 Å². The maximum absolute atomic E-state index is 2.46. The van der Waals surface area contributed by atoms with Crippen LogP contribution in [0.1, 0.15) is 60.8 Å². The van der Waals surface area contributed by atoms with Crippen LogP contribution in [-0.4, -0.2) is 0 Å². The molecule has 0 radical (unpaired) electrons. The topological polar surface area (TPSA) is 0 Å². The standard InChI is InChI=1S/C19H28/c1-14-10-9-11-15(2)18(4,5)19(6,16(14)3)17-12-7-8-13-17/h7-8,11-12H,9-10,13H2,1-6H3. The van der Waals surface area contributed by atoms with Crippen molar-refractivity contribution in [2.45, 2.75) is 60.8 Å². The second-order valence-corrected chi connectivity index (χ2v) is 6.91. The van der Waals surface area contributed by atoms with E-state index in [-0.39, 0.29) is 10.8 Å². The molecule has 0 amide bonds. The van der Waals surface area contributed by atoms with E-state index in [9.17, 15) is 0 Å². The maximum Gasteiger partial charge on any atom is 0.0186 e. The summed E-state index contributed by atoms with van der Waals surface area (Å²) in [6, 6.07) is 0. The first-order valence-electron chi connectivity index (χ1n) is 7.52. The fourth-order valence-electron chi connectivity index (χ4n) is 3.70. The van der Waals surface area contributed by atoms with Crippen molar-refractivity contribution in [2.24, 2.45) is 10.8 Å². The zero-order valence-corrected chi connectivity index (χ0v) is 13.4. The molecule has 0 N–H and O–H groups in total. The van der Waals surface area contributed by atoms with Gasteiger partial charge in [-0.05, 0) is 45.4 Å². The predicted octanol–water partition coefficient (Wildman–Crippen LogP) is 5.98. The molecule has 0 aromatic carbocycles. The van der Waals surface area contributed by atoms with Gasteiger partial charge < -0.3 is 0 Å². The molecule has 104 valence electrons. The van der Waals surface area contributed by atoms with E-state index in [1.165, 1.54) is 18.4 Å². The van der Waals surface area contributed by atoms with E-state index in [2.05, 4.69) is 65.8 Å². The Hall–Kier alpha value is -1.04. The van der Waals surface area contributed by atoms with Crippen LogP contribution >= 0.6 is 0 Å². The van der Waals surface area contributed by atoms with Gasteiger partial charge in [-0.15, -0.1) is 0 Å². The average molecular weight is 256 g/mol. The van der Waals surface area contributed by atoms with E-state index in [4.69, 9.17) is 0 Å². The first-order valence-corrected chi connectivity index (χ1v) is 7.52. The van der Waals surface area contributed by atoms with Gasteiger partial charge in [0.1, 0.15) is 0 Å². The molecule has 0 aromatic heterocycles. The Bertz CT molecular complexity index is 494. The molecule has 2 rings (SSSR count). The second-order valence-electron chi connectivity index (χ2n) is 6.91. The van der Waals surface area contributed by atoms with Crippen LogP contribution in [0.2, 0.25) is 0 Å². The van der Waals surface area contributed by atoms with Crippen LogP contribution in [0.3, 0.4) is 0 Å². The summed E-state index contributed by atoms with van der Waals surface area (Å²) < 4.78 is 0. The van der Waals surface area contributed by atoms with Gasteiger partial charge in [0.2, 0.25) is 0 Å². The Labute approximate surface area is 119 Å². The van der Waals surface area contributed by atoms with Gasteiger partial charge in [-0.1, -0.05) is 67.4 Å². The first-order chi connectivity index (χ1) is 8.81. The van der Waals surface area contributed by atoms with E-state index >= 15 is 0 Å². The molecule has 1 atom stereocenters. The SMILES string of the molecule is CC1=CCCC(C)=C(C)C(C)(C2=CC=CC2)C1(C)C. The fraction of sp³-hybridized carbons (Fsp3) is 0.579. The highest BCUT2D eigenvalue weighted by Gasteiger charge is 2.46. The Morgan fingerprint density at radius 3 is 2.32 bits per heavy atom. The van der Waals surface area contributed by atoms with Crippen LogP contribution in [0, 0.1) is 10.8 Å². The van der Waals surface area contributed by atoms with Gasteiger partial charge in [0.25, 0.3) is 0 Å². The highest BCUT2D eigenvalue weighted by atomic mass is 14.5. The molecule has 0 heteroatoms. The van der Waals surface area contributed by atoms with Crippen molar-refractivity contribution in [3.8, 4) is 0 Å². The van der Waals surface area contributed by atoms with Crippen molar-refractivity contribution >= 4 is 0 Å². The monoisotopic (exact) mass is 256 g/mol. The average Bonchev–Trinajstić information content (AvgIpc) is 2.89. The summed E-state index contributed by atoms with van der Waals surface area (Å²) in [4.78, 5) is 0. The van der Waals surface area contributed by atoms with Gasteiger partial charge >= 0.3 is 0 Å². The minimum Gasteiger partial charge on any atom is -0.0847 e. The molecule has 0 nitrogen and oxygen atoms in total. The summed E-state index contributed by atoms with van der Waals surface area (Å²) in [5, 5.41) is 0. The van der Waals surface area contributed by atoms with Crippen molar-refractivity contribution in [1.82, 2.24) is 0 Å². The van der Waals surface area contributed by atoms with E-state index in [0.29, 0.717) is 0 Å². The third-order valence-electron chi connectivity index (χ3n) is 6.01. The quantitative estimate of drug-likeness (QED) is 0.506. The highest BCUT2D eigenvalue weighted by Crippen LogP contribution is 2.57. The minimum absolute atomic E-state index is 0.140. The third kappa shape index (κ3) is 2.06. The number of hydrogen-bond donors (Lipinski definition) is 0. The van der Waals surface area contributed by atoms with Gasteiger partial charge in [0, 0.05) is 5.41 Å². The zero-order valence-electron chi connectivity index (χ0n) is 13.4. The van der Waals surface area contributed by atoms with E-state index in [0.717, 1.165) is 6.42 Å². The van der Waals surface area contributed by atoms with Gasteiger partial charge in [0.15, 0.2) is 0 Å². The summed E-state index contributed by atoms with van der Waals surface area (Å²) in [7, 11) is 0. The summed E-state index contributed by atoms with van der Waals surface area (Å²) in [5.41, 5.74) is 6.59. The molecule has 19 heavy (non-hydrogen) atoms. The molecule has 2 aliphatic carbocycles. The Morgan fingerprint density at radius 2 is 1.74 bits per heavy atom. The Balaban J connectivity index is 2.63. The van der Waals surface area contributed by atoms with Crippen molar-refractivity contribution in [3.05, 3.63) is 46.6 Å². The predicted molar refractivity (Wildman–Crippen MR) is 85.1 cm³/mol. The normalized spacial score (nSPS) is 30.8. The summed E-state index contributed by atoms with van der Waals surface area (Å²) in [5.74, 6) is 0. The van der Waals surface area contributed by atoms with Gasteiger partial charge in [-0.3, -0.25) is 0 Å². The molecular formula is C19H28. The number of hydrogen-bond acceptors (Lipinski definition) is 0. The molecule has 0 bridgehead atoms. The maximum atomic E-state index is 2.46. The van der Waals surface area contributed by atoms with Crippen LogP contribution < -0.4 is 0 Å². The molecule has 0 aliphatic heterocycles. The molecule has 0 saturated heterocycles. The smallest absolute Gasteiger partial charge is 0.0186 e. The van der Waals surface area contributed by atoms with Crippen LogP contribution in [0.25, 0.3) is 0 Å². The van der Waals surface area contributed by atoms with Crippen LogP contribution in [0.15, 0.2) is 46.6 Å². The van der Waals surface area contributed by atoms with Crippen LogP contribution in [0.5, 0.6) is 0 Å². The first kappa shape index (κ1) is 14.4. The van der Waals surface area contributed by atoms with Gasteiger partial charge in [-0.25, -0.2) is 0 Å². The van der Waals surface area contributed by atoms with Crippen molar-refractivity contribution in [3.63, 3.8) is 0 Å². The number of rotatable bonds is 1. The molecule has 0 aromatic rings. The zero-order chi connectivity index (χ0) is 14.3. The lowest BCUT2D eigenvalue weighted by molar-refractivity contribution is 0.213. The fourth-order valence-corrected chi connectivity index (χ4v) is 3.70. The second kappa shape index (κ2) is 4.81. The molecule has 1 unspecified atom stereocenters.